The van der Waals surface area contributed by atoms with Crippen molar-refractivity contribution in [2.75, 3.05) is 6.61 Å². The van der Waals surface area contributed by atoms with Crippen LogP contribution < -0.4 is 4.74 Å². The molecule has 0 aliphatic heterocycles. The quantitative estimate of drug-likeness (QED) is 0.608. The average molecular weight is 244 g/mol. The summed E-state index contributed by atoms with van der Waals surface area (Å²) in [6, 6.07) is 11.2. The van der Waals surface area contributed by atoms with Gasteiger partial charge < -0.3 is 13.9 Å². The zero-order chi connectivity index (χ0) is 12.8. The smallest absolute Gasteiger partial charge is 0.433 e. The number of carbonyl (C=O) groups excluding carboxylic acids is 1. The third kappa shape index (κ3) is 2.79. The Labute approximate surface area is 104 Å². The predicted molar refractivity (Wildman–Crippen MR) is 66.3 cm³/mol. The summed E-state index contributed by atoms with van der Waals surface area (Å²) in [7, 11) is 0. The Hall–Kier alpha value is -2.49. The van der Waals surface area contributed by atoms with Crippen molar-refractivity contribution in [1.82, 2.24) is 0 Å². The maximum Gasteiger partial charge on any atom is 0.516 e. The largest absolute Gasteiger partial charge is 0.516 e. The summed E-state index contributed by atoms with van der Waals surface area (Å²) in [5, 5.41) is 0. The van der Waals surface area contributed by atoms with Gasteiger partial charge in [0.2, 0.25) is 0 Å². The summed E-state index contributed by atoms with van der Waals surface area (Å²) >= 11 is 0. The molecule has 0 aliphatic rings. The van der Waals surface area contributed by atoms with Gasteiger partial charge in [0.25, 0.3) is 0 Å². The van der Waals surface area contributed by atoms with Crippen molar-refractivity contribution in [1.29, 1.82) is 0 Å². The Morgan fingerprint density at radius 1 is 1.28 bits per heavy atom. The van der Waals surface area contributed by atoms with Crippen molar-refractivity contribution in [3.63, 3.8) is 0 Å². The lowest BCUT2D eigenvalue weighted by atomic mass is 10.1. The zero-order valence-corrected chi connectivity index (χ0v) is 9.67. The molecule has 0 saturated carbocycles. The number of benzene rings is 1. The van der Waals surface area contributed by atoms with E-state index in [1.807, 2.05) is 30.3 Å². The molecule has 0 radical (unpaired) electrons. The molecule has 0 spiro atoms. The summed E-state index contributed by atoms with van der Waals surface area (Å²) < 4.78 is 14.8. The molecule has 0 amide bonds. The number of hydrogen-bond acceptors (Lipinski definition) is 4. The number of carbonyl (C=O) groups is 1. The monoisotopic (exact) mass is 244 g/mol. The molecule has 0 atom stereocenters. The molecular weight excluding hydrogens is 232 g/mol. The third-order valence-corrected chi connectivity index (χ3v) is 2.21. The molecular formula is C14H12O4. The van der Waals surface area contributed by atoms with Crippen LogP contribution in [0.4, 0.5) is 4.79 Å². The van der Waals surface area contributed by atoms with Crippen LogP contribution in [0.1, 0.15) is 0 Å². The first-order valence-corrected chi connectivity index (χ1v) is 5.39. The maximum absolute atomic E-state index is 11.3. The van der Waals surface area contributed by atoms with Gasteiger partial charge in [-0.25, -0.2) is 4.79 Å². The number of ether oxygens (including phenoxy) is 2. The first kappa shape index (κ1) is 12.0. The van der Waals surface area contributed by atoms with Gasteiger partial charge in [0.15, 0.2) is 0 Å². The highest BCUT2D eigenvalue weighted by Gasteiger charge is 2.14. The van der Waals surface area contributed by atoms with Gasteiger partial charge in [-0.15, -0.1) is 0 Å². The highest BCUT2D eigenvalue weighted by atomic mass is 16.8. The average Bonchev–Trinajstić information content (AvgIpc) is 2.85. The van der Waals surface area contributed by atoms with Crippen molar-refractivity contribution in [2.24, 2.45) is 0 Å². The molecule has 1 heterocycles. The molecule has 0 bridgehead atoms. The Morgan fingerprint density at radius 3 is 2.78 bits per heavy atom. The van der Waals surface area contributed by atoms with E-state index >= 15 is 0 Å². The van der Waals surface area contributed by atoms with Crippen molar-refractivity contribution < 1.29 is 18.7 Å². The number of rotatable bonds is 4. The molecule has 4 heteroatoms. The minimum Gasteiger partial charge on any atom is -0.433 e. The van der Waals surface area contributed by atoms with Crippen LogP contribution in [-0.2, 0) is 4.74 Å². The van der Waals surface area contributed by atoms with Crippen molar-refractivity contribution >= 4 is 6.16 Å². The lowest BCUT2D eigenvalue weighted by molar-refractivity contribution is 0.100. The standard InChI is InChI=1S/C14H12O4/c1-2-9-17-14(15)18-13-12(8-10-16-13)11-6-4-3-5-7-11/h2-8,10H,1,9H2. The second-order valence-corrected chi connectivity index (χ2v) is 3.44. The van der Waals surface area contributed by atoms with E-state index in [0.717, 1.165) is 5.56 Å². The third-order valence-electron chi connectivity index (χ3n) is 2.21. The number of furan rings is 1. The molecule has 92 valence electrons. The minimum atomic E-state index is -0.818. The second-order valence-electron chi connectivity index (χ2n) is 3.44. The summed E-state index contributed by atoms with van der Waals surface area (Å²) in [6.07, 6.45) is 2.10. The van der Waals surface area contributed by atoms with Crippen LogP contribution in [-0.4, -0.2) is 12.8 Å². The van der Waals surface area contributed by atoms with Crippen LogP contribution in [0, 0.1) is 0 Å². The molecule has 2 rings (SSSR count). The molecule has 0 fully saturated rings. The summed E-state index contributed by atoms with van der Waals surface area (Å²) in [5.41, 5.74) is 1.60. The normalized spacial score (nSPS) is 9.78. The predicted octanol–water partition coefficient (Wildman–Crippen LogP) is 3.65. The van der Waals surface area contributed by atoms with Gasteiger partial charge in [-0.2, -0.15) is 0 Å². The van der Waals surface area contributed by atoms with E-state index in [0.29, 0.717) is 5.56 Å². The molecule has 0 N–H and O–H groups in total. The van der Waals surface area contributed by atoms with Gasteiger partial charge in [0.1, 0.15) is 6.61 Å². The second kappa shape index (κ2) is 5.72. The van der Waals surface area contributed by atoms with Gasteiger partial charge in [-0.1, -0.05) is 43.0 Å². The van der Waals surface area contributed by atoms with Crippen LogP contribution in [0.5, 0.6) is 5.95 Å². The Morgan fingerprint density at radius 2 is 2.06 bits per heavy atom. The highest BCUT2D eigenvalue weighted by molar-refractivity contribution is 5.72. The summed E-state index contributed by atoms with van der Waals surface area (Å²) in [5.74, 6) is 0.121. The SMILES string of the molecule is C=CCOC(=O)Oc1occc1-c1ccccc1. The van der Waals surface area contributed by atoms with Crippen molar-refractivity contribution in [2.45, 2.75) is 0 Å². The summed E-state index contributed by atoms with van der Waals surface area (Å²) in [4.78, 5) is 11.3. The van der Waals surface area contributed by atoms with Crippen molar-refractivity contribution in [3.8, 4) is 17.1 Å². The molecule has 0 unspecified atom stereocenters. The van der Waals surface area contributed by atoms with E-state index in [1.54, 1.807) is 6.07 Å². The topological polar surface area (TPSA) is 48.7 Å². The van der Waals surface area contributed by atoms with E-state index in [2.05, 4.69) is 6.58 Å². The lowest BCUT2D eigenvalue weighted by Crippen LogP contribution is -2.10. The molecule has 1 aromatic heterocycles. The molecule has 1 aromatic carbocycles. The molecule has 18 heavy (non-hydrogen) atoms. The zero-order valence-electron chi connectivity index (χ0n) is 9.67. The highest BCUT2D eigenvalue weighted by Crippen LogP contribution is 2.31. The van der Waals surface area contributed by atoms with E-state index in [1.165, 1.54) is 12.3 Å². The van der Waals surface area contributed by atoms with Crippen LogP contribution in [0.15, 0.2) is 59.7 Å². The molecule has 2 aromatic rings. The molecule has 0 aliphatic carbocycles. The Kier molecular flexibility index (Phi) is 3.81. The number of hydrogen-bond donors (Lipinski definition) is 0. The fourth-order valence-electron chi connectivity index (χ4n) is 1.44. The summed E-state index contributed by atoms with van der Waals surface area (Å²) in [6.45, 7) is 3.54. The first-order chi connectivity index (χ1) is 8.81. The van der Waals surface area contributed by atoms with E-state index in [-0.39, 0.29) is 12.6 Å². The fourth-order valence-corrected chi connectivity index (χ4v) is 1.44. The van der Waals surface area contributed by atoms with Gasteiger partial charge >= 0.3 is 12.1 Å². The first-order valence-electron chi connectivity index (χ1n) is 5.39. The molecule has 4 nitrogen and oxygen atoms in total. The van der Waals surface area contributed by atoms with E-state index in [9.17, 15) is 4.79 Å². The van der Waals surface area contributed by atoms with Crippen LogP contribution in [0.25, 0.3) is 11.1 Å². The van der Waals surface area contributed by atoms with Gasteiger partial charge in [-0.3, -0.25) is 0 Å². The van der Waals surface area contributed by atoms with E-state index < -0.39 is 6.16 Å². The lowest BCUT2D eigenvalue weighted by Gasteiger charge is -2.03. The maximum atomic E-state index is 11.3. The van der Waals surface area contributed by atoms with Crippen LogP contribution >= 0.6 is 0 Å². The fraction of sp³-hybridized carbons (Fsp3) is 0.0714. The van der Waals surface area contributed by atoms with Gasteiger partial charge in [-0.05, 0) is 11.6 Å². The van der Waals surface area contributed by atoms with Gasteiger partial charge in [0, 0.05) is 0 Å². The molecule has 0 saturated heterocycles. The van der Waals surface area contributed by atoms with Crippen LogP contribution in [0.2, 0.25) is 0 Å². The van der Waals surface area contributed by atoms with Gasteiger partial charge in [0.05, 0.1) is 11.8 Å². The Balaban J connectivity index is 2.13. The Bertz CT molecular complexity index is 528. The van der Waals surface area contributed by atoms with Crippen molar-refractivity contribution in [3.05, 3.63) is 55.3 Å². The van der Waals surface area contributed by atoms with Crippen LogP contribution in [0.3, 0.4) is 0 Å². The van der Waals surface area contributed by atoms with E-state index in [4.69, 9.17) is 13.9 Å². The minimum absolute atomic E-state index is 0.0974.